The van der Waals surface area contributed by atoms with Crippen molar-refractivity contribution in [2.24, 2.45) is 17.8 Å². The standard InChI is InChI=1S/C20H24O7/c1-10-3-4-13-15(10)17-16(11(2)18(23)27-17)14(7-20(13)9-25-20)26-19(24)12(8-22)5-6-21/h3,5,13-17,21-22H,2,4,6-9H2,1H3/b12-5+. The van der Waals surface area contributed by atoms with Crippen molar-refractivity contribution in [3.05, 3.63) is 35.5 Å². The Hall–Kier alpha value is -1.96. The van der Waals surface area contributed by atoms with Crippen LogP contribution in [0.3, 0.4) is 0 Å². The molecular weight excluding hydrogens is 352 g/mol. The van der Waals surface area contributed by atoms with Gasteiger partial charge in [-0.3, -0.25) is 0 Å². The minimum atomic E-state index is -0.711. The van der Waals surface area contributed by atoms with Gasteiger partial charge in [-0.25, -0.2) is 9.59 Å². The van der Waals surface area contributed by atoms with Crippen molar-refractivity contribution in [1.82, 2.24) is 0 Å². The third kappa shape index (κ3) is 2.85. The van der Waals surface area contributed by atoms with E-state index in [1.807, 2.05) is 6.92 Å². The molecule has 0 radical (unpaired) electrons. The molecule has 0 aromatic heterocycles. The fraction of sp³-hybridized carbons (Fsp3) is 0.600. The maximum Gasteiger partial charge on any atom is 0.336 e. The molecule has 27 heavy (non-hydrogen) atoms. The molecule has 4 rings (SSSR count). The third-order valence-corrected chi connectivity index (χ3v) is 6.44. The number of ether oxygens (including phenoxy) is 3. The average molecular weight is 376 g/mol. The van der Waals surface area contributed by atoms with Crippen molar-refractivity contribution in [3.8, 4) is 0 Å². The van der Waals surface area contributed by atoms with Gasteiger partial charge in [0.05, 0.1) is 36.9 Å². The van der Waals surface area contributed by atoms with Crippen LogP contribution < -0.4 is 0 Å². The van der Waals surface area contributed by atoms with Gasteiger partial charge in [-0.15, -0.1) is 0 Å². The summed E-state index contributed by atoms with van der Waals surface area (Å²) < 4.78 is 17.2. The summed E-state index contributed by atoms with van der Waals surface area (Å²) in [6.45, 7) is 5.60. The Morgan fingerprint density at radius 2 is 2.19 bits per heavy atom. The van der Waals surface area contributed by atoms with E-state index in [0.29, 0.717) is 18.6 Å². The maximum atomic E-state index is 12.5. The van der Waals surface area contributed by atoms with Gasteiger partial charge in [-0.2, -0.15) is 0 Å². The molecule has 0 aromatic carbocycles. The Bertz CT molecular complexity index is 745. The van der Waals surface area contributed by atoms with E-state index in [1.165, 1.54) is 6.08 Å². The minimum absolute atomic E-state index is 0.0174. The number of aliphatic hydroxyl groups is 2. The van der Waals surface area contributed by atoms with Gasteiger partial charge in [0.25, 0.3) is 0 Å². The van der Waals surface area contributed by atoms with Crippen LogP contribution in [0, 0.1) is 17.8 Å². The first-order chi connectivity index (χ1) is 12.9. The molecule has 2 heterocycles. The van der Waals surface area contributed by atoms with Crippen LogP contribution in [0.4, 0.5) is 0 Å². The van der Waals surface area contributed by atoms with Crippen molar-refractivity contribution in [2.75, 3.05) is 19.8 Å². The molecule has 2 aliphatic heterocycles. The zero-order valence-electron chi connectivity index (χ0n) is 15.2. The lowest BCUT2D eigenvalue weighted by molar-refractivity contribution is -0.149. The van der Waals surface area contributed by atoms with Crippen LogP contribution in [0.1, 0.15) is 19.8 Å². The van der Waals surface area contributed by atoms with Crippen molar-refractivity contribution >= 4 is 11.9 Å². The first-order valence-corrected chi connectivity index (χ1v) is 9.24. The Labute approximate surface area is 157 Å². The van der Waals surface area contributed by atoms with Crippen LogP contribution in [0.15, 0.2) is 35.5 Å². The first kappa shape index (κ1) is 18.4. The quantitative estimate of drug-likeness (QED) is 0.321. The molecule has 2 aliphatic carbocycles. The van der Waals surface area contributed by atoms with E-state index in [4.69, 9.17) is 19.3 Å². The average Bonchev–Trinajstić information content (AvgIpc) is 3.24. The van der Waals surface area contributed by atoms with Crippen molar-refractivity contribution in [3.63, 3.8) is 0 Å². The van der Waals surface area contributed by atoms with E-state index in [-0.39, 0.29) is 29.6 Å². The molecule has 0 bridgehead atoms. The summed E-state index contributed by atoms with van der Waals surface area (Å²) in [5.74, 6) is -1.41. The van der Waals surface area contributed by atoms with Gasteiger partial charge in [-0.1, -0.05) is 18.2 Å². The SMILES string of the molecule is C=C1C(=O)OC2C1C(OC(=O)/C(=C/CO)CO)CC1(CO1)C1CC=C(C)C21. The van der Waals surface area contributed by atoms with Crippen LogP contribution in [0.5, 0.6) is 0 Å². The van der Waals surface area contributed by atoms with Crippen LogP contribution in [-0.4, -0.2) is 59.8 Å². The van der Waals surface area contributed by atoms with Gasteiger partial charge in [0.1, 0.15) is 12.2 Å². The fourth-order valence-electron chi connectivity index (χ4n) is 4.98. The van der Waals surface area contributed by atoms with E-state index in [2.05, 4.69) is 12.7 Å². The molecule has 3 fully saturated rings. The molecule has 2 N–H and O–H groups in total. The number of carbonyl (C=O) groups excluding carboxylic acids is 2. The predicted molar refractivity (Wildman–Crippen MR) is 93.3 cm³/mol. The second kappa shape index (κ2) is 6.58. The maximum absolute atomic E-state index is 12.5. The highest BCUT2D eigenvalue weighted by molar-refractivity contribution is 5.92. The van der Waals surface area contributed by atoms with Gasteiger partial charge in [-0.05, 0) is 19.4 Å². The molecule has 0 aromatic rings. The number of fused-ring (bicyclic) bond motifs is 4. The lowest BCUT2D eigenvalue weighted by Crippen LogP contribution is -2.36. The van der Waals surface area contributed by atoms with Gasteiger partial charge in [0.15, 0.2) is 0 Å². The Kier molecular flexibility index (Phi) is 4.49. The molecule has 1 spiro atoms. The summed E-state index contributed by atoms with van der Waals surface area (Å²) in [4.78, 5) is 24.7. The molecule has 0 amide bonds. The van der Waals surface area contributed by atoms with Crippen LogP contribution in [-0.2, 0) is 23.8 Å². The van der Waals surface area contributed by atoms with Crippen molar-refractivity contribution in [1.29, 1.82) is 0 Å². The number of hydrogen-bond donors (Lipinski definition) is 2. The van der Waals surface area contributed by atoms with Crippen molar-refractivity contribution in [2.45, 2.75) is 37.6 Å². The van der Waals surface area contributed by atoms with E-state index >= 15 is 0 Å². The topological polar surface area (TPSA) is 106 Å². The largest absolute Gasteiger partial charge is 0.458 e. The van der Waals surface area contributed by atoms with E-state index in [9.17, 15) is 14.7 Å². The van der Waals surface area contributed by atoms with E-state index in [1.54, 1.807) is 0 Å². The lowest BCUT2D eigenvalue weighted by Gasteiger charge is -2.29. The van der Waals surface area contributed by atoms with Gasteiger partial charge in [0.2, 0.25) is 0 Å². The Morgan fingerprint density at radius 3 is 2.81 bits per heavy atom. The van der Waals surface area contributed by atoms with Crippen molar-refractivity contribution < 1.29 is 34.0 Å². The molecule has 7 heteroatoms. The highest BCUT2D eigenvalue weighted by Gasteiger charge is 2.65. The second-order valence-electron chi connectivity index (χ2n) is 7.81. The minimum Gasteiger partial charge on any atom is -0.458 e. The predicted octanol–water partition coefficient (Wildman–Crippen LogP) is 0.662. The number of allylic oxidation sites excluding steroid dienone is 1. The van der Waals surface area contributed by atoms with Gasteiger partial charge < -0.3 is 24.4 Å². The molecule has 6 unspecified atom stereocenters. The molecule has 4 aliphatic rings. The number of carbonyl (C=O) groups is 2. The number of hydrogen-bond acceptors (Lipinski definition) is 7. The first-order valence-electron chi connectivity index (χ1n) is 9.24. The number of esters is 2. The normalized spacial score (nSPS) is 40.2. The summed E-state index contributed by atoms with van der Waals surface area (Å²) in [5.41, 5.74) is 1.07. The summed E-state index contributed by atoms with van der Waals surface area (Å²) in [6, 6.07) is 0. The fourth-order valence-corrected chi connectivity index (χ4v) is 4.98. The zero-order chi connectivity index (χ0) is 19.3. The number of aliphatic hydroxyl groups excluding tert-OH is 2. The highest BCUT2D eigenvalue weighted by Crippen LogP contribution is 2.58. The summed E-state index contributed by atoms with van der Waals surface area (Å²) in [6.07, 6.45) is 3.61. The van der Waals surface area contributed by atoms with Gasteiger partial charge in [0, 0.05) is 23.8 Å². The van der Waals surface area contributed by atoms with Gasteiger partial charge >= 0.3 is 11.9 Å². The molecule has 6 atom stereocenters. The van der Waals surface area contributed by atoms with E-state index < -0.39 is 36.7 Å². The number of rotatable bonds is 4. The number of epoxide rings is 1. The second-order valence-corrected chi connectivity index (χ2v) is 7.81. The monoisotopic (exact) mass is 376 g/mol. The van der Waals surface area contributed by atoms with Crippen LogP contribution in [0.25, 0.3) is 0 Å². The molecule has 7 nitrogen and oxygen atoms in total. The summed E-state index contributed by atoms with van der Waals surface area (Å²) in [7, 11) is 0. The smallest absolute Gasteiger partial charge is 0.336 e. The molecule has 146 valence electrons. The summed E-state index contributed by atoms with van der Waals surface area (Å²) >= 11 is 0. The Balaban J connectivity index is 1.68. The van der Waals surface area contributed by atoms with Crippen LogP contribution in [0.2, 0.25) is 0 Å². The third-order valence-electron chi connectivity index (χ3n) is 6.44. The summed E-state index contributed by atoms with van der Waals surface area (Å²) in [5, 5.41) is 18.4. The Morgan fingerprint density at radius 1 is 1.44 bits per heavy atom. The molecule has 1 saturated carbocycles. The highest BCUT2D eigenvalue weighted by atomic mass is 16.6. The molecule has 2 saturated heterocycles. The van der Waals surface area contributed by atoms with Crippen LogP contribution >= 0.6 is 0 Å². The lowest BCUT2D eigenvalue weighted by atomic mass is 9.78. The molecular formula is C20H24O7. The van der Waals surface area contributed by atoms with E-state index in [0.717, 1.165) is 12.0 Å². The zero-order valence-corrected chi connectivity index (χ0v) is 15.2.